The summed E-state index contributed by atoms with van der Waals surface area (Å²) in [6, 6.07) is 23.6. The molecule has 2 aromatic heterocycles. The minimum absolute atomic E-state index is 0. The number of esters is 1. The van der Waals surface area contributed by atoms with Gasteiger partial charge >= 0.3 is 5.97 Å². The number of benzene rings is 2. The van der Waals surface area contributed by atoms with Crippen LogP contribution in [-0.2, 0) is 31.4 Å². The van der Waals surface area contributed by atoms with E-state index in [0.717, 1.165) is 0 Å². The molecule has 2 atom stereocenters. The van der Waals surface area contributed by atoms with E-state index < -0.39 is 24.0 Å². The Kier molecular flexibility index (Phi) is 12.7. The van der Waals surface area contributed by atoms with Crippen LogP contribution < -0.4 is 4.74 Å². The maximum atomic E-state index is 12.6. The van der Waals surface area contributed by atoms with Gasteiger partial charge in [-0.25, -0.2) is 0 Å². The second-order valence-electron chi connectivity index (χ2n) is 9.41. The Morgan fingerprint density at radius 2 is 1.26 bits per heavy atom. The Balaban J connectivity index is 0.00000506. The number of rotatable bonds is 14. The maximum absolute atomic E-state index is 12.6. The number of phenolic OH excluding ortho intramolecular Hbond substituents is 1. The molecule has 4 rings (SSSR count). The molecule has 10 nitrogen and oxygen atoms in total. The molecule has 0 bridgehead atoms. The Morgan fingerprint density at radius 1 is 0.744 bits per heavy atom. The zero-order valence-corrected chi connectivity index (χ0v) is 24.5. The number of carbonyl (C=O) groups is 2. The molecule has 2 aromatic carbocycles. The van der Waals surface area contributed by atoms with Crippen molar-refractivity contribution in [2.45, 2.75) is 12.1 Å². The first-order valence-electron chi connectivity index (χ1n) is 13.2. The summed E-state index contributed by atoms with van der Waals surface area (Å²) in [5.74, 6) is -1.15. The fourth-order valence-corrected chi connectivity index (χ4v) is 4.96. The van der Waals surface area contributed by atoms with E-state index in [1.807, 2.05) is 30.3 Å². The van der Waals surface area contributed by atoms with E-state index >= 15 is 0 Å². The molecule has 0 aliphatic carbocycles. The number of para-hydroxylation sites is 2. The summed E-state index contributed by atoms with van der Waals surface area (Å²) in [4.78, 5) is 37.4. The third-order valence-corrected chi connectivity index (χ3v) is 6.77. The maximum Gasteiger partial charge on any atom is 0.317 e. The van der Waals surface area contributed by atoms with Gasteiger partial charge in [-0.2, -0.15) is 14.2 Å². The first-order valence-corrected chi connectivity index (χ1v) is 13.2. The zero-order valence-electron chi connectivity index (χ0n) is 23.3. The van der Waals surface area contributed by atoms with Gasteiger partial charge in [-0.15, -0.1) is 0 Å². The second kappa shape index (κ2) is 16.4. The van der Waals surface area contributed by atoms with Crippen LogP contribution in [0.25, 0.3) is 0 Å². The van der Waals surface area contributed by atoms with Crippen LogP contribution in [0.15, 0.2) is 97.3 Å². The minimum atomic E-state index is -1.05. The minimum Gasteiger partial charge on any atom is -0.665 e. The molecule has 0 fully saturated rings. The number of phenols is 1. The van der Waals surface area contributed by atoms with E-state index in [0.29, 0.717) is 28.3 Å². The molecule has 43 heavy (non-hydrogen) atoms. The van der Waals surface area contributed by atoms with Gasteiger partial charge in [0.2, 0.25) is 0 Å². The van der Waals surface area contributed by atoms with Crippen molar-refractivity contribution in [3.63, 3.8) is 0 Å². The van der Waals surface area contributed by atoms with Gasteiger partial charge in [0.05, 0.1) is 42.3 Å². The quantitative estimate of drug-likeness (QED) is 0.120. The molecule has 0 spiro atoms. The summed E-state index contributed by atoms with van der Waals surface area (Å²) < 4.78 is 10.2. The third kappa shape index (κ3) is 8.62. The van der Waals surface area contributed by atoms with E-state index in [9.17, 15) is 19.8 Å². The molecule has 11 heteroatoms. The van der Waals surface area contributed by atoms with Crippen LogP contribution >= 0.6 is 0 Å². The number of ether oxygens (including phenoxy) is 2. The Bertz CT molecular complexity index is 1460. The van der Waals surface area contributed by atoms with Crippen molar-refractivity contribution in [3.8, 4) is 11.5 Å². The summed E-state index contributed by atoms with van der Waals surface area (Å²) >= 11 is 0. The first-order chi connectivity index (χ1) is 20.4. The largest absolute Gasteiger partial charge is 0.665 e. The smallest absolute Gasteiger partial charge is 0.317 e. The first kappa shape index (κ1) is 33.2. The number of aromatic hydroxyl groups is 1. The summed E-state index contributed by atoms with van der Waals surface area (Å²) in [5.41, 5.74) is 2.39. The number of carboxylic acids is 1. The number of aliphatic carboxylic acids is 1. The van der Waals surface area contributed by atoms with E-state index in [1.165, 1.54) is 0 Å². The summed E-state index contributed by atoms with van der Waals surface area (Å²) in [7, 11) is 6.84. The fourth-order valence-electron chi connectivity index (χ4n) is 4.96. The van der Waals surface area contributed by atoms with Crippen LogP contribution in [0.3, 0.4) is 0 Å². The van der Waals surface area contributed by atoms with Crippen LogP contribution in [-0.4, -0.2) is 68.1 Å². The van der Waals surface area contributed by atoms with Crippen LogP contribution in [0.1, 0.15) is 34.6 Å². The molecule has 1 unspecified atom stereocenters. The van der Waals surface area contributed by atoms with Gasteiger partial charge < -0.3 is 19.7 Å². The number of nitrogens with zero attached hydrogens (tertiary/aromatic N) is 4. The van der Waals surface area contributed by atoms with Gasteiger partial charge in [0, 0.05) is 53.7 Å². The van der Waals surface area contributed by atoms with E-state index in [4.69, 9.17) is 9.47 Å². The van der Waals surface area contributed by atoms with Crippen molar-refractivity contribution in [1.29, 1.82) is 0 Å². The molecule has 0 aliphatic heterocycles. The van der Waals surface area contributed by atoms with Gasteiger partial charge in [-0.3, -0.25) is 29.4 Å². The van der Waals surface area contributed by atoms with Crippen molar-refractivity contribution >= 4 is 11.9 Å². The van der Waals surface area contributed by atoms with E-state index in [1.54, 1.807) is 76.8 Å². The van der Waals surface area contributed by atoms with E-state index in [2.05, 4.69) is 24.2 Å². The predicted octanol–water partition coefficient (Wildman–Crippen LogP) is 4.25. The van der Waals surface area contributed by atoms with Crippen molar-refractivity contribution < 1.29 is 46.3 Å². The molecule has 0 amide bonds. The molecule has 4 aromatic rings. The Morgan fingerprint density at radius 3 is 1.77 bits per heavy atom. The number of carbonyl (C=O) groups excluding carboxylic acids is 1. The molecule has 0 saturated heterocycles. The summed E-state index contributed by atoms with van der Waals surface area (Å²) in [5, 5.41) is 20.8. The number of pyridine rings is 2. The molecule has 2 heterocycles. The predicted molar refractivity (Wildman–Crippen MR) is 155 cm³/mol. The molecular formula is C32H32MnN4O6-2. The SMILES string of the molecule is [CH2-]OC(=O)CN(CCN(CC(=O)O)C(c1ccccn1)c1ccccc1O[CH2-])[C@H](c1ccccn1)c1ccccc1O.[Mn]. The molecule has 0 aliphatic rings. The molecule has 0 saturated carbocycles. The van der Waals surface area contributed by atoms with Crippen LogP contribution in [0.5, 0.6) is 11.5 Å². The average Bonchev–Trinajstić information content (AvgIpc) is 3.01. The zero-order chi connectivity index (χ0) is 29.9. The second-order valence-corrected chi connectivity index (χ2v) is 9.41. The normalized spacial score (nSPS) is 12.3. The molecule has 225 valence electrons. The van der Waals surface area contributed by atoms with Crippen molar-refractivity contribution in [3.05, 3.63) is 134 Å². The Labute approximate surface area is 261 Å². The van der Waals surface area contributed by atoms with Gasteiger partial charge in [-0.05, 0) is 36.4 Å². The standard InChI is InChI=1S/C32H32N4O6.Mn/c1-41-28-16-6-4-12-24(28)32(26-14-8-10-18-34-26)35(21-29(38)39)19-20-36(22-30(40)42-2)31(25-13-7-9-17-33-25)23-11-3-5-15-27(23)37;/h3-18,31-32,37H,1-2,19-22H2,(H,38,39);/q-2;/t31-,32?;/m0./s1. The van der Waals surface area contributed by atoms with Crippen LogP contribution in [0, 0.1) is 14.2 Å². The average molecular weight is 624 g/mol. The summed E-state index contributed by atoms with van der Waals surface area (Å²) in [6.45, 7) is -0.201. The third-order valence-electron chi connectivity index (χ3n) is 6.77. The Hall–Kier alpha value is -4.28. The molecule has 2 N–H and O–H groups in total. The van der Waals surface area contributed by atoms with Crippen molar-refractivity contribution in [2.24, 2.45) is 0 Å². The number of aromatic nitrogens is 2. The summed E-state index contributed by atoms with van der Waals surface area (Å²) in [6.07, 6.45) is 3.27. The van der Waals surface area contributed by atoms with Crippen LogP contribution in [0.4, 0.5) is 0 Å². The van der Waals surface area contributed by atoms with Crippen molar-refractivity contribution in [2.75, 3.05) is 26.2 Å². The van der Waals surface area contributed by atoms with Gasteiger partial charge in [0.25, 0.3) is 5.97 Å². The number of carboxylic acid groups (broad SMARTS) is 1. The van der Waals surface area contributed by atoms with Gasteiger partial charge in [-0.1, -0.05) is 48.5 Å². The monoisotopic (exact) mass is 623 g/mol. The van der Waals surface area contributed by atoms with Gasteiger partial charge in [0.1, 0.15) is 5.75 Å². The fraction of sp³-hybridized carbons (Fsp3) is 0.188. The van der Waals surface area contributed by atoms with Gasteiger partial charge in [0.15, 0.2) is 0 Å². The number of hydrogen-bond donors (Lipinski definition) is 2. The molecule has 1 radical (unpaired) electrons. The van der Waals surface area contributed by atoms with E-state index in [-0.39, 0.29) is 49.0 Å². The molecular weight excluding hydrogens is 591 g/mol. The van der Waals surface area contributed by atoms with Crippen molar-refractivity contribution in [1.82, 2.24) is 19.8 Å². The number of hydrogen-bond acceptors (Lipinski definition) is 9. The van der Waals surface area contributed by atoms with Crippen LogP contribution in [0.2, 0.25) is 0 Å². The topological polar surface area (TPSA) is 125 Å².